The molecule has 0 atom stereocenters. The summed E-state index contributed by atoms with van der Waals surface area (Å²) in [7, 11) is -4.72. The van der Waals surface area contributed by atoms with Gasteiger partial charge in [0.05, 0.1) is 0 Å². The van der Waals surface area contributed by atoms with E-state index in [0.717, 1.165) is 0 Å². The van der Waals surface area contributed by atoms with E-state index in [0.29, 0.717) is 5.69 Å². The fourth-order valence-corrected chi connectivity index (χ4v) is 2.50. The molecule has 0 aromatic heterocycles. The van der Waals surface area contributed by atoms with Crippen molar-refractivity contribution in [2.24, 2.45) is 0 Å². The summed E-state index contributed by atoms with van der Waals surface area (Å²) in [4.78, 5) is 10.5. The summed E-state index contributed by atoms with van der Waals surface area (Å²) < 4.78 is 34.6. The molecule has 6 heteroatoms. The van der Waals surface area contributed by atoms with E-state index in [1.165, 1.54) is 32.9 Å². The van der Waals surface area contributed by atoms with E-state index in [9.17, 15) is 17.1 Å². The number of hydrogen-bond donors (Lipinski definition) is 1. The van der Waals surface area contributed by atoms with Gasteiger partial charge in [-0.1, -0.05) is 0 Å². The zero-order valence-corrected chi connectivity index (χ0v) is 9.98. The predicted molar refractivity (Wildman–Crippen MR) is 58.5 cm³/mol. The first-order chi connectivity index (χ1) is 7.21. The normalized spacial score (nSPS) is 11.2. The number of halogens is 1. The number of anilines is 1. The molecule has 0 spiro atoms. The first kappa shape index (κ1) is 12.6. The molecule has 0 bridgehead atoms. The molecule has 0 aliphatic heterocycles. The van der Waals surface area contributed by atoms with Crippen molar-refractivity contribution in [3.05, 3.63) is 23.3 Å². The molecule has 0 aliphatic rings. The van der Waals surface area contributed by atoms with Crippen LogP contribution in [0.15, 0.2) is 17.0 Å². The first-order valence-electron chi connectivity index (χ1n) is 4.55. The van der Waals surface area contributed by atoms with Crippen LogP contribution in [0.5, 0.6) is 0 Å². The van der Waals surface area contributed by atoms with Gasteiger partial charge in [0.15, 0.2) is 0 Å². The Bertz CT molecular complexity index is 514. The molecular formula is C10H12FNO3S. The van der Waals surface area contributed by atoms with Crippen molar-refractivity contribution in [1.29, 1.82) is 0 Å². The topological polar surface area (TPSA) is 63.2 Å². The van der Waals surface area contributed by atoms with Crippen LogP contribution in [0.25, 0.3) is 0 Å². The Morgan fingerprint density at radius 1 is 1.25 bits per heavy atom. The predicted octanol–water partition coefficient (Wildman–Crippen LogP) is 1.92. The van der Waals surface area contributed by atoms with Crippen molar-refractivity contribution >= 4 is 21.8 Å². The van der Waals surface area contributed by atoms with Gasteiger partial charge >= 0.3 is 10.2 Å². The van der Waals surface area contributed by atoms with Crippen molar-refractivity contribution in [3.63, 3.8) is 0 Å². The van der Waals surface area contributed by atoms with Gasteiger partial charge in [-0.25, -0.2) is 0 Å². The average Bonchev–Trinajstić information content (AvgIpc) is 1.96. The third-order valence-corrected chi connectivity index (χ3v) is 3.16. The molecular weight excluding hydrogens is 233 g/mol. The van der Waals surface area contributed by atoms with Gasteiger partial charge in [0.2, 0.25) is 5.91 Å². The van der Waals surface area contributed by atoms with Crippen LogP contribution in [-0.4, -0.2) is 14.3 Å². The monoisotopic (exact) mass is 245 g/mol. The second-order valence-electron chi connectivity index (χ2n) is 3.56. The van der Waals surface area contributed by atoms with Crippen molar-refractivity contribution in [1.82, 2.24) is 0 Å². The SMILES string of the molecule is CC(=O)Nc1cc(C)c(S(=O)(=O)F)c(C)c1. The number of benzene rings is 1. The molecule has 1 aromatic carbocycles. The van der Waals surface area contributed by atoms with E-state index in [1.807, 2.05) is 0 Å². The zero-order valence-electron chi connectivity index (χ0n) is 9.17. The summed E-state index contributed by atoms with van der Waals surface area (Å²) >= 11 is 0. The molecule has 1 aromatic rings. The second-order valence-corrected chi connectivity index (χ2v) is 4.84. The van der Waals surface area contributed by atoms with E-state index < -0.39 is 10.2 Å². The molecule has 0 fully saturated rings. The lowest BCUT2D eigenvalue weighted by molar-refractivity contribution is -0.114. The Labute approximate surface area is 93.7 Å². The molecule has 0 radical (unpaired) electrons. The summed E-state index contributed by atoms with van der Waals surface area (Å²) in [6.45, 7) is 4.29. The maximum Gasteiger partial charge on any atom is 0.332 e. The molecule has 16 heavy (non-hydrogen) atoms. The van der Waals surface area contributed by atoms with E-state index >= 15 is 0 Å². The lowest BCUT2D eigenvalue weighted by atomic mass is 10.1. The number of rotatable bonds is 2. The Hall–Kier alpha value is -1.43. The fraction of sp³-hybridized carbons (Fsp3) is 0.300. The van der Waals surface area contributed by atoms with Crippen molar-refractivity contribution in [2.75, 3.05) is 5.32 Å². The molecule has 0 saturated carbocycles. The zero-order chi connectivity index (χ0) is 12.5. The van der Waals surface area contributed by atoms with Gasteiger partial charge in [-0.05, 0) is 37.1 Å². The molecule has 0 saturated heterocycles. The minimum absolute atomic E-state index is 0.269. The first-order valence-corrected chi connectivity index (χ1v) is 5.93. The number of carbonyl (C=O) groups excluding carboxylic acids is 1. The highest BCUT2D eigenvalue weighted by atomic mass is 32.3. The van der Waals surface area contributed by atoms with Crippen LogP contribution < -0.4 is 5.32 Å². The minimum Gasteiger partial charge on any atom is -0.326 e. The van der Waals surface area contributed by atoms with Crippen LogP contribution in [0.2, 0.25) is 0 Å². The van der Waals surface area contributed by atoms with E-state index in [2.05, 4.69) is 5.32 Å². The van der Waals surface area contributed by atoms with Crippen LogP contribution in [0, 0.1) is 13.8 Å². The molecule has 1 amide bonds. The molecule has 0 aliphatic carbocycles. The summed E-state index contributed by atoms with van der Waals surface area (Å²) in [5.41, 5.74) is 0.993. The summed E-state index contributed by atoms with van der Waals surface area (Å²) in [6.07, 6.45) is 0. The summed E-state index contributed by atoms with van der Waals surface area (Å²) in [6, 6.07) is 2.84. The number of nitrogens with one attached hydrogen (secondary N) is 1. The van der Waals surface area contributed by atoms with Gasteiger partial charge in [0.25, 0.3) is 0 Å². The van der Waals surface area contributed by atoms with Crippen molar-refractivity contribution in [3.8, 4) is 0 Å². The quantitative estimate of drug-likeness (QED) is 0.810. The standard InChI is InChI=1S/C10H12FNO3S/c1-6-4-9(12-8(3)13)5-7(2)10(6)16(11,14)15/h4-5H,1-3H3,(H,12,13). The molecule has 88 valence electrons. The van der Waals surface area contributed by atoms with Gasteiger partial charge in [-0.2, -0.15) is 8.42 Å². The van der Waals surface area contributed by atoms with Gasteiger partial charge < -0.3 is 5.32 Å². The third-order valence-electron chi connectivity index (χ3n) is 2.02. The maximum atomic E-state index is 12.9. The lowest BCUT2D eigenvalue weighted by Crippen LogP contribution is -2.08. The molecule has 4 nitrogen and oxygen atoms in total. The van der Waals surface area contributed by atoms with E-state index in [4.69, 9.17) is 0 Å². The third kappa shape index (κ3) is 2.79. The van der Waals surface area contributed by atoms with Crippen molar-refractivity contribution < 1.29 is 17.1 Å². The van der Waals surface area contributed by atoms with Gasteiger partial charge in [-0.3, -0.25) is 4.79 Å². The van der Waals surface area contributed by atoms with Gasteiger partial charge in [0.1, 0.15) is 4.90 Å². The number of aryl methyl sites for hydroxylation is 2. The Morgan fingerprint density at radius 2 is 1.69 bits per heavy atom. The molecule has 1 rings (SSSR count). The fourth-order valence-electron chi connectivity index (χ4n) is 1.61. The van der Waals surface area contributed by atoms with Crippen molar-refractivity contribution in [2.45, 2.75) is 25.7 Å². The van der Waals surface area contributed by atoms with Crippen LogP contribution in [0.3, 0.4) is 0 Å². The van der Waals surface area contributed by atoms with Crippen LogP contribution in [0.1, 0.15) is 18.1 Å². The Kier molecular flexibility index (Phi) is 3.32. The van der Waals surface area contributed by atoms with Gasteiger partial charge in [-0.15, -0.1) is 3.89 Å². The van der Waals surface area contributed by atoms with Crippen LogP contribution in [0.4, 0.5) is 9.57 Å². The summed E-state index contributed by atoms with van der Waals surface area (Å²) in [5.74, 6) is -0.269. The number of amides is 1. The van der Waals surface area contributed by atoms with Crippen LogP contribution >= 0.6 is 0 Å². The second kappa shape index (κ2) is 4.21. The van der Waals surface area contributed by atoms with Gasteiger partial charge in [0, 0.05) is 12.6 Å². The lowest BCUT2D eigenvalue weighted by Gasteiger charge is -2.09. The highest BCUT2D eigenvalue weighted by Crippen LogP contribution is 2.25. The van der Waals surface area contributed by atoms with E-state index in [-0.39, 0.29) is 21.9 Å². The summed E-state index contributed by atoms with van der Waals surface area (Å²) in [5, 5.41) is 2.51. The Morgan fingerprint density at radius 3 is 2.00 bits per heavy atom. The smallest absolute Gasteiger partial charge is 0.326 e. The highest BCUT2D eigenvalue weighted by Gasteiger charge is 2.19. The number of carbonyl (C=O) groups is 1. The van der Waals surface area contributed by atoms with E-state index in [1.54, 1.807) is 0 Å². The largest absolute Gasteiger partial charge is 0.332 e. The van der Waals surface area contributed by atoms with Crippen LogP contribution in [-0.2, 0) is 15.0 Å². The molecule has 1 N–H and O–H groups in total. The molecule has 0 unspecified atom stereocenters. The highest BCUT2D eigenvalue weighted by molar-refractivity contribution is 7.86. The molecule has 0 heterocycles. The maximum absolute atomic E-state index is 12.9. The number of hydrogen-bond acceptors (Lipinski definition) is 3. The average molecular weight is 245 g/mol. The Balaban J connectivity index is 3.34. The minimum atomic E-state index is -4.72.